The van der Waals surface area contributed by atoms with E-state index in [4.69, 9.17) is 16.7 Å². The minimum atomic E-state index is -3.11. The van der Waals surface area contributed by atoms with Gasteiger partial charge < -0.3 is 10.4 Å². The Hall–Kier alpha value is -1.55. The van der Waals surface area contributed by atoms with Crippen LogP contribution >= 0.6 is 11.6 Å². The van der Waals surface area contributed by atoms with Gasteiger partial charge in [-0.1, -0.05) is 30.4 Å². The van der Waals surface area contributed by atoms with Gasteiger partial charge in [0.2, 0.25) is 0 Å². The second kappa shape index (κ2) is 8.03. The maximum absolute atomic E-state index is 11.9. The number of amides is 1. The highest BCUT2D eigenvalue weighted by Crippen LogP contribution is 2.17. The first-order chi connectivity index (χ1) is 9.89. The van der Waals surface area contributed by atoms with E-state index in [1.807, 2.05) is 0 Å². The van der Waals surface area contributed by atoms with Crippen molar-refractivity contribution in [3.63, 3.8) is 0 Å². The molecule has 2 N–H and O–H groups in total. The van der Waals surface area contributed by atoms with Crippen molar-refractivity contribution in [2.75, 3.05) is 24.7 Å². The Bertz CT molecular complexity index is 674. The van der Waals surface area contributed by atoms with E-state index in [0.717, 1.165) is 0 Å². The van der Waals surface area contributed by atoms with Crippen molar-refractivity contribution in [3.8, 4) is 11.8 Å². The summed E-state index contributed by atoms with van der Waals surface area (Å²) >= 11 is 5.98. The smallest absolute Gasteiger partial charge is 0.251 e. The number of aliphatic hydroxyl groups excluding tert-OH is 1. The lowest BCUT2D eigenvalue weighted by molar-refractivity contribution is 0.0956. The van der Waals surface area contributed by atoms with Crippen molar-refractivity contribution in [2.45, 2.75) is 6.92 Å². The van der Waals surface area contributed by atoms with E-state index < -0.39 is 15.7 Å². The fraction of sp³-hybridized carbons (Fsp3) is 0.357. The molecule has 0 radical (unpaired) electrons. The number of carbonyl (C=O) groups excluding carboxylic acids is 1. The highest BCUT2D eigenvalue weighted by molar-refractivity contribution is 7.91. The maximum atomic E-state index is 11.9. The van der Waals surface area contributed by atoms with Gasteiger partial charge in [0.1, 0.15) is 6.61 Å². The maximum Gasteiger partial charge on any atom is 0.251 e. The molecular weight excluding hydrogens is 314 g/mol. The van der Waals surface area contributed by atoms with Crippen LogP contribution in [0.3, 0.4) is 0 Å². The van der Waals surface area contributed by atoms with Gasteiger partial charge in [0, 0.05) is 23.4 Å². The normalized spacial score (nSPS) is 10.6. The van der Waals surface area contributed by atoms with E-state index in [-0.39, 0.29) is 24.7 Å². The third-order valence-corrected chi connectivity index (χ3v) is 4.69. The molecule has 21 heavy (non-hydrogen) atoms. The van der Waals surface area contributed by atoms with Gasteiger partial charge in [0.25, 0.3) is 5.91 Å². The van der Waals surface area contributed by atoms with Crippen LogP contribution in [-0.2, 0) is 9.84 Å². The van der Waals surface area contributed by atoms with Crippen molar-refractivity contribution in [1.82, 2.24) is 5.32 Å². The largest absolute Gasteiger partial charge is 0.384 e. The average Bonchev–Trinajstić information content (AvgIpc) is 2.45. The van der Waals surface area contributed by atoms with Gasteiger partial charge in [-0.25, -0.2) is 8.42 Å². The van der Waals surface area contributed by atoms with E-state index in [2.05, 4.69) is 17.2 Å². The Balaban J connectivity index is 2.69. The third kappa shape index (κ3) is 5.76. The summed E-state index contributed by atoms with van der Waals surface area (Å²) in [6, 6.07) is 4.56. The zero-order chi connectivity index (χ0) is 15.9. The molecule has 0 saturated carbocycles. The molecule has 0 atom stereocenters. The molecule has 114 valence electrons. The van der Waals surface area contributed by atoms with Crippen molar-refractivity contribution in [1.29, 1.82) is 0 Å². The number of halogens is 1. The molecule has 0 aliphatic heterocycles. The topological polar surface area (TPSA) is 83.5 Å². The molecule has 7 heteroatoms. The molecule has 5 nitrogen and oxygen atoms in total. The lowest BCUT2D eigenvalue weighted by Gasteiger charge is -2.06. The van der Waals surface area contributed by atoms with Gasteiger partial charge in [-0.05, 0) is 18.2 Å². The van der Waals surface area contributed by atoms with E-state index in [1.165, 1.54) is 12.1 Å². The summed E-state index contributed by atoms with van der Waals surface area (Å²) in [4.78, 5) is 11.9. The molecule has 0 fully saturated rings. The van der Waals surface area contributed by atoms with Crippen LogP contribution in [0.4, 0.5) is 0 Å². The van der Waals surface area contributed by atoms with E-state index >= 15 is 0 Å². The Labute approximate surface area is 129 Å². The van der Waals surface area contributed by atoms with Crippen LogP contribution < -0.4 is 5.32 Å². The van der Waals surface area contributed by atoms with Crippen LogP contribution in [0.15, 0.2) is 18.2 Å². The van der Waals surface area contributed by atoms with Crippen molar-refractivity contribution < 1.29 is 18.3 Å². The minimum Gasteiger partial charge on any atom is -0.384 e. The van der Waals surface area contributed by atoms with Crippen molar-refractivity contribution in [2.24, 2.45) is 0 Å². The third-order valence-electron chi connectivity index (χ3n) is 2.67. The molecule has 0 heterocycles. The van der Waals surface area contributed by atoms with Crippen LogP contribution in [0.1, 0.15) is 22.8 Å². The van der Waals surface area contributed by atoms with E-state index in [0.29, 0.717) is 16.1 Å². The van der Waals surface area contributed by atoms with Crippen molar-refractivity contribution in [3.05, 3.63) is 34.3 Å². The Morgan fingerprint density at radius 1 is 1.43 bits per heavy atom. The number of sulfone groups is 1. The molecule has 0 aliphatic rings. The van der Waals surface area contributed by atoms with Gasteiger partial charge in [-0.2, -0.15) is 0 Å². The predicted octanol–water partition coefficient (Wildman–Crippen LogP) is 0.848. The van der Waals surface area contributed by atoms with Gasteiger partial charge >= 0.3 is 0 Å². The van der Waals surface area contributed by atoms with E-state index in [1.54, 1.807) is 13.0 Å². The number of benzene rings is 1. The molecule has 0 bridgehead atoms. The van der Waals surface area contributed by atoms with Crippen LogP contribution in [0.2, 0.25) is 5.02 Å². The first-order valence-corrected chi connectivity index (χ1v) is 8.47. The summed E-state index contributed by atoms with van der Waals surface area (Å²) in [6.45, 7) is 1.34. The van der Waals surface area contributed by atoms with E-state index in [9.17, 15) is 13.2 Å². The van der Waals surface area contributed by atoms with Crippen LogP contribution in [-0.4, -0.2) is 44.1 Å². The molecule has 1 aromatic carbocycles. The Morgan fingerprint density at radius 2 is 2.14 bits per heavy atom. The standard InChI is InChI=1S/C14H16ClNO4S/c1-2-21(19,20)9-7-16-14(18)12-6-5-11(4-3-8-17)13(15)10-12/h5-6,10,17H,2,7-9H2,1H3,(H,16,18). The molecule has 0 spiro atoms. The average molecular weight is 330 g/mol. The molecule has 1 amide bonds. The van der Waals surface area contributed by atoms with Gasteiger partial charge in [-0.15, -0.1) is 0 Å². The first-order valence-electron chi connectivity index (χ1n) is 6.27. The fourth-order valence-electron chi connectivity index (χ4n) is 1.46. The summed E-state index contributed by atoms with van der Waals surface area (Å²) in [5.74, 6) is 4.68. The Kier molecular flexibility index (Phi) is 6.69. The first kappa shape index (κ1) is 17.5. The zero-order valence-electron chi connectivity index (χ0n) is 11.5. The monoisotopic (exact) mass is 329 g/mol. The number of hydrogen-bond acceptors (Lipinski definition) is 4. The lowest BCUT2D eigenvalue weighted by Crippen LogP contribution is -2.29. The number of rotatable bonds is 5. The van der Waals surface area contributed by atoms with Gasteiger partial charge in [0.15, 0.2) is 9.84 Å². The van der Waals surface area contributed by atoms with Crippen molar-refractivity contribution >= 4 is 27.3 Å². The van der Waals surface area contributed by atoms with Gasteiger partial charge in [-0.3, -0.25) is 4.79 Å². The summed E-state index contributed by atoms with van der Waals surface area (Å²) in [6.07, 6.45) is 0. The molecule has 0 aromatic heterocycles. The molecule has 0 unspecified atom stereocenters. The Morgan fingerprint density at radius 3 is 2.71 bits per heavy atom. The zero-order valence-corrected chi connectivity index (χ0v) is 13.1. The number of hydrogen-bond donors (Lipinski definition) is 2. The summed E-state index contributed by atoms with van der Waals surface area (Å²) in [5.41, 5.74) is 0.833. The van der Waals surface area contributed by atoms with Crippen LogP contribution in [0.5, 0.6) is 0 Å². The summed E-state index contributed by atoms with van der Waals surface area (Å²) < 4.78 is 22.6. The highest BCUT2D eigenvalue weighted by Gasteiger charge is 2.10. The fourth-order valence-corrected chi connectivity index (χ4v) is 2.39. The van der Waals surface area contributed by atoms with Gasteiger partial charge in [0.05, 0.1) is 10.8 Å². The van der Waals surface area contributed by atoms with Crippen LogP contribution in [0.25, 0.3) is 0 Å². The molecule has 0 aliphatic carbocycles. The molecule has 1 rings (SSSR count). The minimum absolute atomic E-state index is 0.0485. The van der Waals surface area contributed by atoms with Crippen LogP contribution in [0, 0.1) is 11.8 Å². The second-order valence-electron chi connectivity index (χ2n) is 4.15. The number of aliphatic hydroxyl groups is 1. The number of nitrogens with one attached hydrogen (secondary N) is 1. The SMILES string of the molecule is CCS(=O)(=O)CCNC(=O)c1ccc(C#CCO)c(Cl)c1. The predicted molar refractivity (Wildman–Crippen MR) is 82.1 cm³/mol. The summed E-state index contributed by atoms with van der Waals surface area (Å²) in [5, 5.41) is 11.4. The second-order valence-corrected chi connectivity index (χ2v) is 7.03. The highest BCUT2D eigenvalue weighted by atomic mass is 35.5. The lowest BCUT2D eigenvalue weighted by atomic mass is 10.1. The number of carbonyl (C=O) groups is 1. The quantitative estimate of drug-likeness (QED) is 0.784. The molecular formula is C14H16ClNO4S. The molecule has 1 aromatic rings. The molecule has 0 saturated heterocycles. The summed E-state index contributed by atoms with van der Waals surface area (Å²) in [7, 11) is -3.11.